The third-order valence-electron chi connectivity index (χ3n) is 8.10. The van der Waals surface area contributed by atoms with Crippen molar-refractivity contribution in [3.63, 3.8) is 0 Å². The number of ether oxygens (including phenoxy) is 4. The first kappa shape index (κ1) is 31.6. The number of hydrogen-bond acceptors (Lipinski definition) is 6. The van der Waals surface area contributed by atoms with Gasteiger partial charge in [-0.15, -0.1) is 0 Å². The number of nitriles is 1. The molecule has 7 atom stereocenters. The fraction of sp³-hybridized carbons (Fsp3) is 0.342. The van der Waals surface area contributed by atoms with Crippen LogP contribution in [0.4, 0.5) is 0 Å². The Bertz CT molecular complexity index is 1420. The van der Waals surface area contributed by atoms with Crippen molar-refractivity contribution in [2.45, 2.75) is 82.7 Å². The highest BCUT2D eigenvalue weighted by Crippen LogP contribution is 2.32. The van der Waals surface area contributed by atoms with Gasteiger partial charge in [-0.25, -0.2) is 0 Å². The average molecular weight is 591 g/mol. The van der Waals surface area contributed by atoms with E-state index in [0.29, 0.717) is 26.2 Å². The van der Waals surface area contributed by atoms with Gasteiger partial charge in [0.15, 0.2) is 0 Å². The lowest BCUT2D eigenvalue weighted by Crippen LogP contribution is -2.60. The normalized spacial score (nSPS) is 23.0. The van der Waals surface area contributed by atoms with Crippen LogP contribution in [-0.4, -0.2) is 36.6 Å². The van der Waals surface area contributed by atoms with Crippen molar-refractivity contribution in [2.75, 3.05) is 0 Å². The molecule has 0 spiro atoms. The van der Waals surface area contributed by atoms with Crippen LogP contribution in [0.3, 0.4) is 0 Å². The van der Waals surface area contributed by atoms with E-state index in [2.05, 4.69) is 54.7 Å². The number of nitrogens with one attached hydrogen (secondary N) is 1. The standard InChI is InChI=1S/C38H42N2O4/c1-28(33-21-13-6-14-22-33)40-34(24-39)23-35-37(42-26-31-17-9-4-10-18-31)38(43-27-32-19-11-5-12-20-32)36(29(2)44-35)41-25-30-15-7-3-8-16-30/h3-22,28-29,34-38,40H,23,25-27H2,1-2H3/t28-,29-,34-,35-,36+,37+,38+/m0/s1. The van der Waals surface area contributed by atoms with Crippen LogP contribution in [0.25, 0.3) is 0 Å². The van der Waals surface area contributed by atoms with Gasteiger partial charge in [0.25, 0.3) is 0 Å². The summed E-state index contributed by atoms with van der Waals surface area (Å²) < 4.78 is 26.6. The smallest absolute Gasteiger partial charge is 0.115 e. The molecule has 5 rings (SSSR count). The summed E-state index contributed by atoms with van der Waals surface area (Å²) in [5.41, 5.74) is 4.33. The zero-order chi connectivity index (χ0) is 30.6. The Kier molecular flexibility index (Phi) is 11.7. The van der Waals surface area contributed by atoms with E-state index in [4.69, 9.17) is 18.9 Å². The van der Waals surface area contributed by atoms with Crippen molar-refractivity contribution >= 4 is 0 Å². The number of nitrogens with zero attached hydrogens (tertiary/aromatic N) is 1. The number of hydrogen-bond donors (Lipinski definition) is 1. The third kappa shape index (κ3) is 8.86. The Hall–Kier alpha value is -3.83. The van der Waals surface area contributed by atoms with Crippen molar-refractivity contribution in [2.24, 2.45) is 0 Å². The minimum Gasteiger partial charge on any atom is -0.370 e. The molecule has 44 heavy (non-hydrogen) atoms. The molecule has 6 heteroatoms. The van der Waals surface area contributed by atoms with Gasteiger partial charge in [0.2, 0.25) is 0 Å². The van der Waals surface area contributed by atoms with Crippen LogP contribution in [0, 0.1) is 11.3 Å². The Morgan fingerprint density at radius 2 is 1.09 bits per heavy atom. The van der Waals surface area contributed by atoms with Crippen molar-refractivity contribution in [3.8, 4) is 6.07 Å². The van der Waals surface area contributed by atoms with Crippen molar-refractivity contribution < 1.29 is 18.9 Å². The predicted molar refractivity (Wildman–Crippen MR) is 171 cm³/mol. The number of benzene rings is 4. The van der Waals surface area contributed by atoms with Crippen LogP contribution in [0.15, 0.2) is 121 Å². The Labute approximate surface area is 261 Å². The van der Waals surface area contributed by atoms with Gasteiger partial charge in [-0.1, -0.05) is 121 Å². The van der Waals surface area contributed by atoms with Gasteiger partial charge in [-0.2, -0.15) is 5.26 Å². The van der Waals surface area contributed by atoms with E-state index in [0.717, 1.165) is 22.3 Å². The van der Waals surface area contributed by atoms with E-state index >= 15 is 0 Å². The summed E-state index contributed by atoms with van der Waals surface area (Å²) in [6, 6.07) is 42.5. The van der Waals surface area contributed by atoms with Crippen LogP contribution in [0.5, 0.6) is 0 Å². The zero-order valence-electron chi connectivity index (χ0n) is 25.5. The summed E-state index contributed by atoms with van der Waals surface area (Å²) >= 11 is 0. The molecule has 228 valence electrons. The molecule has 0 radical (unpaired) electrons. The summed E-state index contributed by atoms with van der Waals surface area (Å²) in [6.07, 6.45) is -1.53. The maximum atomic E-state index is 10.2. The molecule has 1 N–H and O–H groups in total. The van der Waals surface area contributed by atoms with Crippen LogP contribution in [-0.2, 0) is 38.8 Å². The molecule has 6 nitrogen and oxygen atoms in total. The second kappa shape index (κ2) is 16.3. The lowest BCUT2D eigenvalue weighted by Gasteiger charge is -2.46. The fourth-order valence-electron chi connectivity index (χ4n) is 5.74. The molecule has 0 amide bonds. The SMILES string of the molecule is C[C@H](N[C@H](C#N)C[C@@H]1O[C@@H](C)[C@@H](OCc2ccccc2)[C@@H](OCc2ccccc2)[C@@H]1OCc1ccccc1)c1ccccc1. The molecular weight excluding hydrogens is 548 g/mol. The number of rotatable bonds is 14. The first-order chi connectivity index (χ1) is 21.6. The summed E-state index contributed by atoms with van der Waals surface area (Å²) in [4.78, 5) is 0. The second-order valence-corrected chi connectivity index (χ2v) is 11.4. The molecule has 0 unspecified atom stereocenters. The zero-order valence-corrected chi connectivity index (χ0v) is 25.5. The maximum Gasteiger partial charge on any atom is 0.115 e. The molecule has 4 aromatic carbocycles. The Balaban J connectivity index is 1.40. The minimum absolute atomic E-state index is 0.00219. The predicted octanol–water partition coefficient (Wildman–Crippen LogP) is 7.16. The molecule has 0 aliphatic carbocycles. The molecule has 0 bridgehead atoms. The van der Waals surface area contributed by atoms with E-state index in [9.17, 15) is 5.26 Å². The van der Waals surface area contributed by atoms with Crippen LogP contribution in [0.1, 0.15) is 48.6 Å². The van der Waals surface area contributed by atoms with Gasteiger partial charge in [-0.05, 0) is 36.1 Å². The van der Waals surface area contributed by atoms with Crippen LogP contribution < -0.4 is 5.32 Å². The summed E-state index contributed by atoms with van der Waals surface area (Å²) in [7, 11) is 0. The fourth-order valence-corrected chi connectivity index (χ4v) is 5.74. The molecule has 4 aromatic rings. The first-order valence-electron chi connectivity index (χ1n) is 15.4. The highest BCUT2D eigenvalue weighted by Gasteiger charge is 2.47. The van der Waals surface area contributed by atoms with Crippen LogP contribution in [0.2, 0.25) is 0 Å². The minimum atomic E-state index is -0.472. The van der Waals surface area contributed by atoms with Gasteiger partial charge in [0.05, 0.1) is 44.1 Å². The lowest BCUT2D eigenvalue weighted by molar-refractivity contribution is -0.262. The highest BCUT2D eigenvalue weighted by atomic mass is 16.6. The molecule has 1 fully saturated rings. The van der Waals surface area contributed by atoms with Gasteiger partial charge < -0.3 is 18.9 Å². The van der Waals surface area contributed by atoms with E-state index in [1.54, 1.807) is 0 Å². The molecule has 0 saturated carbocycles. The average Bonchev–Trinajstić information content (AvgIpc) is 3.07. The highest BCUT2D eigenvalue weighted by molar-refractivity contribution is 5.19. The first-order valence-corrected chi connectivity index (χ1v) is 15.4. The molecule has 1 aliphatic rings. The largest absolute Gasteiger partial charge is 0.370 e. The van der Waals surface area contributed by atoms with E-state index < -0.39 is 24.4 Å². The Morgan fingerprint density at radius 3 is 1.57 bits per heavy atom. The molecule has 1 aliphatic heterocycles. The van der Waals surface area contributed by atoms with Gasteiger partial charge >= 0.3 is 0 Å². The van der Waals surface area contributed by atoms with Crippen molar-refractivity contribution in [1.82, 2.24) is 5.32 Å². The third-order valence-corrected chi connectivity index (χ3v) is 8.10. The van der Waals surface area contributed by atoms with Crippen LogP contribution >= 0.6 is 0 Å². The maximum absolute atomic E-state index is 10.2. The van der Waals surface area contributed by atoms with Crippen molar-refractivity contribution in [1.29, 1.82) is 5.26 Å². The van der Waals surface area contributed by atoms with E-state index in [1.807, 2.05) is 91.9 Å². The molecule has 0 aromatic heterocycles. The summed E-state index contributed by atoms with van der Waals surface area (Å²) in [5.74, 6) is 0. The Morgan fingerprint density at radius 1 is 0.659 bits per heavy atom. The van der Waals surface area contributed by atoms with E-state index in [1.165, 1.54) is 0 Å². The van der Waals surface area contributed by atoms with Gasteiger partial charge in [0.1, 0.15) is 18.3 Å². The topological polar surface area (TPSA) is 72.7 Å². The van der Waals surface area contributed by atoms with E-state index in [-0.39, 0.29) is 18.2 Å². The monoisotopic (exact) mass is 590 g/mol. The summed E-state index contributed by atoms with van der Waals surface area (Å²) in [6.45, 7) is 5.33. The van der Waals surface area contributed by atoms with Crippen molar-refractivity contribution in [3.05, 3.63) is 144 Å². The second-order valence-electron chi connectivity index (χ2n) is 11.4. The summed E-state index contributed by atoms with van der Waals surface area (Å²) in [5, 5.41) is 13.7. The van der Waals surface area contributed by atoms with Gasteiger partial charge in [0, 0.05) is 12.5 Å². The molecule has 1 saturated heterocycles. The lowest BCUT2D eigenvalue weighted by atomic mass is 9.91. The quantitative estimate of drug-likeness (QED) is 0.168. The molecule has 1 heterocycles. The molecular formula is C38H42N2O4. The van der Waals surface area contributed by atoms with Gasteiger partial charge in [-0.3, -0.25) is 5.32 Å².